The van der Waals surface area contributed by atoms with Crippen LogP contribution in [-0.4, -0.2) is 50.9 Å². The first-order chi connectivity index (χ1) is 12.5. The molecule has 1 unspecified atom stereocenters. The van der Waals surface area contributed by atoms with Gasteiger partial charge in [-0.3, -0.25) is 0 Å². The third kappa shape index (κ3) is 7.15. The van der Waals surface area contributed by atoms with Gasteiger partial charge >= 0.3 is 5.97 Å². The van der Waals surface area contributed by atoms with Crippen LogP contribution in [0.15, 0.2) is 30.3 Å². The van der Waals surface area contributed by atoms with Gasteiger partial charge in [0.1, 0.15) is 12.4 Å². The number of esters is 1. The van der Waals surface area contributed by atoms with Crippen LogP contribution in [0, 0.1) is 0 Å². The fourth-order valence-electron chi connectivity index (χ4n) is 2.45. The van der Waals surface area contributed by atoms with Gasteiger partial charge < -0.3 is 23.7 Å². The Hall–Kier alpha value is -1.89. The SMILES string of the molecule is CCOCCOCCOc1ccc(/C=C/CC2OC(C)(C)OC2=O)cc1. The smallest absolute Gasteiger partial charge is 0.338 e. The largest absolute Gasteiger partial charge is 0.491 e. The van der Waals surface area contributed by atoms with E-state index >= 15 is 0 Å². The van der Waals surface area contributed by atoms with E-state index in [0.29, 0.717) is 39.5 Å². The topological polar surface area (TPSA) is 63.2 Å². The molecule has 1 heterocycles. The summed E-state index contributed by atoms with van der Waals surface area (Å²) in [5, 5.41) is 0. The molecule has 1 aliphatic rings. The Bertz CT molecular complexity index is 578. The number of carbonyl (C=O) groups excluding carboxylic acids is 1. The predicted octanol–water partition coefficient (Wildman–Crippen LogP) is 3.20. The maximum Gasteiger partial charge on any atom is 0.338 e. The molecule has 1 aliphatic heterocycles. The molecule has 2 rings (SSSR count). The molecule has 0 aliphatic carbocycles. The summed E-state index contributed by atoms with van der Waals surface area (Å²) in [5.74, 6) is -0.353. The standard InChI is InChI=1S/C20H28O6/c1-4-22-12-13-23-14-15-24-17-10-8-16(9-11-17)6-5-7-18-19(21)26-20(2,3)25-18/h5-6,8-11,18H,4,7,12-15H2,1-3H3/b6-5+. The lowest BCUT2D eigenvalue weighted by molar-refractivity contribution is -0.160. The lowest BCUT2D eigenvalue weighted by Crippen LogP contribution is -2.21. The highest BCUT2D eigenvalue weighted by molar-refractivity contribution is 5.77. The molecule has 6 nitrogen and oxygen atoms in total. The lowest BCUT2D eigenvalue weighted by atomic mass is 10.1. The first-order valence-electron chi connectivity index (χ1n) is 8.96. The zero-order valence-corrected chi connectivity index (χ0v) is 15.7. The molecule has 26 heavy (non-hydrogen) atoms. The van der Waals surface area contributed by atoms with Crippen molar-refractivity contribution >= 4 is 12.0 Å². The Balaban J connectivity index is 1.66. The second kappa shape index (κ2) is 10.3. The summed E-state index contributed by atoms with van der Waals surface area (Å²) in [6.45, 7) is 8.35. The Morgan fingerprint density at radius 2 is 1.77 bits per heavy atom. The predicted molar refractivity (Wildman–Crippen MR) is 97.9 cm³/mol. The molecule has 0 aromatic heterocycles. The Morgan fingerprint density at radius 1 is 1.08 bits per heavy atom. The molecular weight excluding hydrogens is 336 g/mol. The molecule has 1 atom stereocenters. The molecule has 6 heteroatoms. The van der Waals surface area contributed by atoms with Gasteiger partial charge in [0.05, 0.1) is 19.8 Å². The van der Waals surface area contributed by atoms with E-state index in [1.165, 1.54) is 0 Å². The van der Waals surface area contributed by atoms with Crippen molar-refractivity contribution in [1.29, 1.82) is 0 Å². The number of cyclic esters (lactones) is 1. The Morgan fingerprint density at radius 3 is 2.42 bits per heavy atom. The van der Waals surface area contributed by atoms with E-state index in [4.69, 9.17) is 23.7 Å². The van der Waals surface area contributed by atoms with Crippen molar-refractivity contribution in [3.63, 3.8) is 0 Å². The van der Waals surface area contributed by atoms with Crippen molar-refractivity contribution in [3.05, 3.63) is 35.9 Å². The van der Waals surface area contributed by atoms with Crippen LogP contribution in [0.5, 0.6) is 5.75 Å². The van der Waals surface area contributed by atoms with E-state index in [9.17, 15) is 4.79 Å². The Kier molecular flexibility index (Phi) is 8.09. The van der Waals surface area contributed by atoms with E-state index in [0.717, 1.165) is 11.3 Å². The van der Waals surface area contributed by atoms with Crippen molar-refractivity contribution in [1.82, 2.24) is 0 Å². The van der Waals surface area contributed by atoms with E-state index in [1.54, 1.807) is 13.8 Å². The zero-order valence-electron chi connectivity index (χ0n) is 15.7. The van der Waals surface area contributed by atoms with Crippen molar-refractivity contribution in [2.24, 2.45) is 0 Å². The molecule has 0 saturated carbocycles. The van der Waals surface area contributed by atoms with Gasteiger partial charge in [-0.1, -0.05) is 24.3 Å². The number of carbonyl (C=O) groups is 1. The highest BCUT2D eigenvalue weighted by Gasteiger charge is 2.40. The monoisotopic (exact) mass is 364 g/mol. The van der Waals surface area contributed by atoms with Gasteiger partial charge in [0.15, 0.2) is 6.10 Å². The maximum atomic E-state index is 11.7. The lowest BCUT2D eigenvalue weighted by Gasteiger charge is -2.14. The Labute approximate surface area is 155 Å². The normalized spacial score (nSPS) is 19.0. The molecule has 0 radical (unpaired) electrons. The summed E-state index contributed by atoms with van der Waals surface area (Å²) in [6.07, 6.45) is 3.81. The molecule has 1 aromatic rings. The summed E-state index contributed by atoms with van der Waals surface area (Å²) in [7, 11) is 0. The van der Waals surface area contributed by atoms with Crippen LogP contribution < -0.4 is 4.74 Å². The molecule has 1 aromatic carbocycles. The molecule has 1 saturated heterocycles. The van der Waals surface area contributed by atoms with E-state index in [2.05, 4.69) is 0 Å². The number of rotatable bonds is 11. The van der Waals surface area contributed by atoms with Crippen molar-refractivity contribution in [3.8, 4) is 5.75 Å². The molecule has 0 N–H and O–H groups in total. The zero-order chi connectivity index (χ0) is 18.8. The molecule has 0 bridgehead atoms. The van der Waals surface area contributed by atoms with Crippen molar-refractivity contribution in [2.75, 3.05) is 33.0 Å². The third-order valence-electron chi connectivity index (χ3n) is 3.65. The molecular formula is C20H28O6. The van der Waals surface area contributed by atoms with Gasteiger partial charge in [-0.2, -0.15) is 0 Å². The van der Waals surface area contributed by atoms with Gasteiger partial charge in [0.25, 0.3) is 0 Å². The van der Waals surface area contributed by atoms with Crippen LogP contribution in [0.4, 0.5) is 0 Å². The van der Waals surface area contributed by atoms with Crippen LogP contribution in [0.3, 0.4) is 0 Å². The average Bonchev–Trinajstić information content (AvgIpc) is 2.87. The molecule has 1 fully saturated rings. The minimum Gasteiger partial charge on any atom is -0.491 e. The minimum atomic E-state index is -0.832. The van der Waals surface area contributed by atoms with Gasteiger partial charge in [0.2, 0.25) is 5.79 Å². The number of hydrogen-bond donors (Lipinski definition) is 0. The first-order valence-corrected chi connectivity index (χ1v) is 8.96. The van der Waals surface area contributed by atoms with Crippen LogP contribution in [0.25, 0.3) is 6.08 Å². The fraction of sp³-hybridized carbons (Fsp3) is 0.550. The van der Waals surface area contributed by atoms with E-state index in [-0.39, 0.29) is 5.97 Å². The van der Waals surface area contributed by atoms with Gasteiger partial charge in [-0.05, 0) is 24.6 Å². The maximum absolute atomic E-state index is 11.7. The highest BCUT2D eigenvalue weighted by Crippen LogP contribution is 2.25. The number of benzene rings is 1. The summed E-state index contributed by atoms with van der Waals surface area (Å²) >= 11 is 0. The summed E-state index contributed by atoms with van der Waals surface area (Å²) in [6, 6.07) is 7.73. The number of ether oxygens (including phenoxy) is 5. The van der Waals surface area contributed by atoms with Gasteiger partial charge in [-0.15, -0.1) is 0 Å². The molecule has 0 amide bonds. The van der Waals surface area contributed by atoms with Gasteiger partial charge in [0, 0.05) is 26.9 Å². The third-order valence-corrected chi connectivity index (χ3v) is 3.65. The highest BCUT2D eigenvalue weighted by atomic mass is 16.8. The van der Waals surface area contributed by atoms with Gasteiger partial charge in [-0.25, -0.2) is 4.79 Å². The van der Waals surface area contributed by atoms with Crippen LogP contribution >= 0.6 is 0 Å². The van der Waals surface area contributed by atoms with E-state index < -0.39 is 11.9 Å². The number of hydrogen-bond acceptors (Lipinski definition) is 6. The van der Waals surface area contributed by atoms with Crippen LogP contribution in [-0.2, 0) is 23.7 Å². The first kappa shape index (κ1) is 20.4. The molecule has 144 valence electrons. The van der Waals surface area contributed by atoms with Crippen molar-refractivity contribution < 1.29 is 28.5 Å². The summed E-state index contributed by atoms with van der Waals surface area (Å²) in [4.78, 5) is 11.7. The quantitative estimate of drug-likeness (QED) is 0.444. The van der Waals surface area contributed by atoms with E-state index in [1.807, 2.05) is 43.3 Å². The van der Waals surface area contributed by atoms with Crippen LogP contribution in [0.1, 0.15) is 32.8 Å². The average molecular weight is 364 g/mol. The fourth-order valence-corrected chi connectivity index (χ4v) is 2.45. The minimum absolute atomic E-state index is 0.313. The summed E-state index contributed by atoms with van der Waals surface area (Å²) in [5.41, 5.74) is 1.02. The molecule has 0 spiro atoms. The second-order valence-electron chi connectivity index (χ2n) is 6.29. The van der Waals surface area contributed by atoms with Crippen LogP contribution in [0.2, 0.25) is 0 Å². The van der Waals surface area contributed by atoms with Crippen molar-refractivity contribution in [2.45, 2.75) is 39.1 Å². The second-order valence-corrected chi connectivity index (χ2v) is 6.29. The summed E-state index contributed by atoms with van der Waals surface area (Å²) < 4.78 is 26.9.